The maximum atomic E-state index is 4.30. The lowest BCUT2D eigenvalue weighted by atomic mass is 10.3. The SMILES string of the molecule is CCCCN(C)C(=NC)NCc1ccc(C)s1.I. The molecule has 18 heavy (non-hydrogen) atoms. The second-order valence-electron chi connectivity index (χ2n) is 4.19. The lowest BCUT2D eigenvalue weighted by Crippen LogP contribution is -2.38. The molecule has 0 saturated heterocycles. The van der Waals surface area contributed by atoms with E-state index in [0.717, 1.165) is 19.0 Å². The molecular weight excluding hydrogens is 357 g/mol. The maximum Gasteiger partial charge on any atom is 0.193 e. The van der Waals surface area contributed by atoms with Crippen molar-refractivity contribution in [2.75, 3.05) is 20.6 Å². The molecular formula is C13H24IN3S. The normalized spacial score (nSPS) is 11.0. The van der Waals surface area contributed by atoms with Gasteiger partial charge < -0.3 is 10.2 Å². The number of nitrogens with zero attached hydrogens (tertiary/aromatic N) is 2. The molecule has 1 aromatic heterocycles. The van der Waals surface area contributed by atoms with E-state index in [0.29, 0.717) is 0 Å². The fourth-order valence-corrected chi connectivity index (χ4v) is 2.46. The van der Waals surface area contributed by atoms with E-state index in [1.165, 1.54) is 22.6 Å². The van der Waals surface area contributed by atoms with Crippen molar-refractivity contribution in [2.24, 2.45) is 4.99 Å². The number of hydrogen-bond donors (Lipinski definition) is 1. The molecule has 104 valence electrons. The van der Waals surface area contributed by atoms with E-state index < -0.39 is 0 Å². The summed E-state index contributed by atoms with van der Waals surface area (Å²) in [6, 6.07) is 4.33. The van der Waals surface area contributed by atoms with Gasteiger partial charge in [0.05, 0.1) is 6.54 Å². The molecule has 0 amide bonds. The Bertz CT molecular complexity index is 363. The maximum absolute atomic E-state index is 4.30. The quantitative estimate of drug-likeness (QED) is 0.481. The molecule has 3 nitrogen and oxygen atoms in total. The van der Waals surface area contributed by atoms with E-state index in [1.807, 2.05) is 18.4 Å². The van der Waals surface area contributed by atoms with Gasteiger partial charge in [-0.2, -0.15) is 0 Å². The van der Waals surface area contributed by atoms with Crippen LogP contribution in [0.2, 0.25) is 0 Å². The van der Waals surface area contributed by atoms with Gasteiger partial charge in [0.1, 0.15) is 0 Å². The minimum atomic E-state index is 0. The smallest absolute Gasteiger partial charge is 0.193 e. The molecule has 0 aromatic carbocycles. The van der Waals surface area contributed by atoms with E-state index in [2.05, 4.69) is 48.2 Å². The second kappa shape index (κ2) is 9.61. The molecule has 5 heteroatoms. The average molecular weight is 381 g/mol. The van der Waals surface area contributed by atoms with Crippen LogP contribution in [-0.4, -0.2) is 31.5 Å². The topological polar surface area (TPSA) is 27.6 Å². The van der Waals surface area contributed by atoms with Gasteiger partial charge in [-0.15, -0.1) is 35.3 Å². The third-order valence-corrected chi connectivity index (χ3v) is 3.64. The van der Waals surface area contributed by atoms with Gasteiger partial charge in [-0.3, -0.25) is 4.99 Å². The number of thiophene rings is 1. The summed E-state index contributed by atoms with van der Waals surface area (Å²) in [6.07, 6.45) is 2.42. The summed E-state index contributed by atoms with van der Waals surface area (Å²) in [6.45, 7) is 6.26. The van der Waals surface area contributed by atoms with Crippen LogP contribution in [-0.2, 0) is 6.54 Å². The predicted molar refractivity (Wildman–Crippen MR) is 92.2 cm³/mol. The van der Waals surface area contributed by atoms with Crippen molar-refractivity contribution in [1.29, 1.82) is 0 Å². The van der Waals surface area contributed by atoms with E-state index in [1.54, 1.807) is 0 Å². The minimum Gasteiger partial charge on any atom is -0.351 e. The minimum absolute atomic E-state index is 0. The molecule has 0 fully saturated rings. The Hall–Kier alpha value is -0.300. The van der Waals surface area contributed by atoms with Crippen LogP contribution >= 0.6 is 35.3 Å². The van der Waals surface area contributed by atoms with Gasteiger partial charge in [0.2, 0.25) is 0 Å². The largest absolute Gasteiger partial charge is 0.351 e. The lowest BCUT2D eigenvalue weighted by Gasteiger charge is -2.21. The zero-order valence-electron chi connectivity index (χ0n) is 11.7. The Morgan fingerprint density at radius 2 is 2.17 bits per heavy atom. The molecule has 1 heterocycles. The van der Waals surface area contributed by atoms with Crippen LogP contribution in [0.3, 0.4) is 0 Å². The van der Waals surface area contributed by atoms with Gasteiger partial charge in [-0.1, -0.05) is 13.3 Å². The number of halogens is 1. The number of aliphatic imine (C=N–C) groups is 1. The fraction of sp³-hybridized carbons (Fsp3) is 0.615. The monoisotopic (exact) mass is 381 g/mol. The summed E-state index contributed by atoms with van der Waals surface area (Å²) in [7, 11) is 3.93. The first-order valence-electron chi connectivity index (χ1n) is 6.14. The molecule has 0 atom stereocenters. The van der Waals surface area contributed by atoms with Crippen LogP contribution in [0.4, 0.5) is 0 Å². The van der Waals surface area contributed by atoms with Gasteiger partial charge in [0, 0.05) is 30.4 Å². The van der Waals surface area contributed by atoms with Crippen molar-refractivity contribution in [3.05, 3.63) is 21.9 Å². The van der Waals surface area contributed by atoms with Crippen molar-refractivity contribution in [3.8, 4) is 0 Å². The fourth-order valence-electron chi connectivity index (χ4n) is 1.63. The highest BCUT2D eigenvalue weighted by Gasteiger charge is 2.05. The number of hydrogen-bond acceptors (Lipinski definition) is 2. The molecule has 0 bridgehead atoms. The number of rotatable bonds is 5. The van der Waals surface area contributed by atoms with Gasteiger partial charge >= 0.3 is 0 Å². The second-order valence-corrected chi connectivity index (χ2v) is 5.56. The first kappa shape index (κ1) is 17.7. The molecule has 1 rings (SSSR count). The molecule has 0 aliphatic carbocycles. The Balaban J connectivity index is 0.00000289. The Labute approximate surface area is 132 Å². The molecule has 1 N–H and O–H groups in total. The van der Waals surface area contributed by atoms with E-state index in [9.17, 15) is 0 Å². The van der Waals surface area contributed by atoms with Crippen LogP contribution < -0.4 is 5.32 Å². The predicted octanol–water partition coefficient (Wildman–Crippen LogP) is 3.48. The molecule has 0 saturated carbocycles. The summed E-state index contributed by atoms with van der Waals surface area (Å²) in [5, 5.41) is 3.39. The summed E-state index contributed by atoms with van der Waals surface area (Å²) in [5.74, 6) is 0.976. The van der Waals surface area contributed by atoms with Crippen LogP contribution in [0.1, 0.15) is 29.5 Å². The van der Waals surface area contributed by atoms with Crippen LogP contribution in [0.15, 0.2) is 17.1 Å². The van der Waals surface area contributed by atoms with E-state index in [4.69, 9.17) is 0 Å². The van der Waals surface area contributed by atoms with Crippen molar-refractivity contribution in [2.45, 2.75) is 33.2 Å². The Kier molecular flexibility index (Phi) is 9.45. The molecule has 1 aromatic rings. The van der Waals surface area contributed by atoms with Crippen molar-refractivity contribution < 1.29 is 0 Å². The standard InChI is InChI=1S/C13H23N3S.HI/c1-5-6-9-16(4)13(14-3)15-10-12-8-7-11(2)17-12;/h7-8H,5-6,9-10H2,1-4H3,(H,14,15);1H. The van der Waals surface area contributed by atoms with Gasteiger partial charge in [-0.25, -0.2) is 0 Å². The molecule has 0 radical (unpaired) electrons. The number of guanidine groups is 1. The molecule has 0 unspecified atom stereocenters. The average Bonchev–Trinajstić information content (AvgIpc) is 2.73. The summed E-state index contributed by atoms with van der Waals surface area (Å²) in [4.78, 5) is 9.20. The van der Waals surface area contributed by atoms with Gasteiger partial charge in [0.15, 0.2) is 5.96 Å². The van der Waals surface area contributed by atoms with Gasteiger partial charge in [0.25, 0.3) is 0 Å². The summed E-state index contributed by atoms with van der Waals surface area (Å²) in [5.41, 5.74) is 0. The zero-order valence-corrected chi connectivity index (χ0v) is 14.8. The number of aryl methyl sites for hydroxylation is 1. The van der Waals surface area contributed by atoms with Crippen LogP contribution in [0.5, 0.6) is 0 Å². The van der Waals surface area contributed by atoms with E-state index in [-0.39, 0.29) is 24.0 Å². The first-order chi connectivity index (χ1) is 8.17. The molecule has 0 aliphatic rings. The van der Waals surface area contributed by atoms with E-state index >= 15 is 0 Å². The number of unbranched alkanes of at least 4 members (excludes halogenated alkanes) is 1. The third-order valence-electron chi connectivity index (χ3n) is 2.64. The van der Waals surface area contributed by atoms with Crippen molar-refractivity contribution >= 4 is 41.3 Å². The summed E-state index contributed by atoms with van der Waals surface area (Å²) < 4.78 is 0. The molecule has 0 spiro atoms. The highest BCUT2D eigenvalue weighted by atomic mass is 127. The van der Waals surface area contributed by atoms with Crippen molar-refractivity contribution in [3.63, 3.8) is 0 Å². The Morgan fingerprint density at radius 1 is 1.44 bits per heavy atom. The summed E-state index contributed by atoms with van der Waals surface area (Å²) >= 11 is 1.83. The first-order valence-corrected chi connectivity index (χ1v) is 6.96. The zero-order chi connectivity index (χ0) is 12.7. The van der Waals surface area contributed by atoms with Crippen molar-refractivity contribution in [1.82, 2.24) is 10.2 Å². The van der Waals surface area contributed by atoms with Crippen LogP contribution in [0, 0.1) is 6.92 Å². The highest BCUT2D eigenvalue weighted by Crippen LogP contribution is 2.14. The molecule has 0 aliphatic heterocycles. The highest BCUT2D eigenvalue weighted by molar-refractivity contribution is 14.0. The Morgan fingerprint density at radius 3 is 2.67 bits per heavy atom. The lowest BCUT2D eigenvalue weighted by molar-refractivity contribution is 0.465. The number of nitrogens with one attached hydrogen (secondary N) is 1. The third kappa shape index (κ3) is 6.04. The van der Waals surface area contributed by atoms with Gasteiger partial charge in [-0.05, 0) is 25.5 Å². The van der Waals surface area contributed by atoms with Crippen LogP contribution in [0.25, 0.3) is 0 Å².